The van der Waals surface area contributed by atoms with E-state index in [0.29, 0.717) is 32.8 Å². The molecule has 0 unspecified atom stereocenters. The van der Waals surface area contributed by atoms with Gasteiger partial charge in [-0.05, 0) is 48.9 Å². The number of methoxy groups -OCH3 is 2. The summed E-state index contributed by atoms with van der Waals surface area (Å²) in [6.45, 7) is 1.59. The number of aryl methyl sites for hydroxylation is 1. The van der Waals surface area contributed by atoms with Crippen LogP contribution in [0.25, 0.3) is 21.3 Å². The number of benzene rings is 2. The third-order valence-electron chi connectivity index (χ3n) is 5.26. The van der Waals surface area contributed by atoms with Crippen LogP contribution in [0.1, 0.15) is 31.3 Å². The minimum atomic E-state index is -1.18. The number of hydrogen-bond acceptors (Lipinski definition) is 7. The lowest BCUT2D eigenvalue weighted by Crippen LogP contribution is -2.06. The first-order chi connectivity index (χ1) is 15.8. The Hall–Kier alpha value is -3.98. The fraction of sp³-hybridized carbons (Fsp3) is 0.125. The second-order valence-corrected chi connectivity index (χ2v) is 8.18. The molecule has 33 heavy (non-hydrogen) atoms. The minimum absolute atomic E-state index is 0.0278. The second kappa shape index (κ2) is 8.51. The molecule has 0 aliphatic carbocycles. The molecule has 0 saturated carbocycles. The lowest BCUT2D eigenvalue weighted by atomic mass is 9.94. The number of carbonyl (C=O) groups excluding carboxylic acids is 1. The highest BCUT2D eigenvalue weighted by Crippen LogP contribution is 2.44. The first-order valence-electron chi connectivity index (χ1n) is 9.75. The summed E-state index contributed by atoms with van der Waals surface area (Å²) in [5, 5.41) is 10.3. The zero-order chi connectivity index (χ0) is 23.9. The van der Waals surface area contributed by atoms with Gasteiger partial charge in [-0.1, -0.05) is 6.07 Å². The van der Waals surface area contributed by atoms with Crippen molar-refractivity contribution >= 4 is 39.0 Å². The molecule has 0 bridgehead atoms. The van der Waals surface area contributed by atoms with Crippen molar-refractivity contribution in [1.29, 1.82) is 0 Å². The van der Waals surface area contributed by atoms with Crippen molar-refractivity contribution in [3.63, 3.8) is 0 Å². The quantitative estimate of drug-likeness (QED) is 0.387. The summed E-state index contributed by atoms with van der Waals surface area (Å²) >= 11 is 1.06. The number of ether oxygens (including phenoxy) is 2. The van der Waals surface area contributed by atoms with Crippen LogP contribution in [0.5, 0.6) is 11.5 Å². The molecule has 168 valence electrons. The molecule has 2 aromatic heterocycles. The number of hydrogen-bond donors (Lipinski definition) is 2. The molecule has 0 fully saturated rings. The number of aromatic carboxylic acids is 1. The van der Waals surface area contributed by atoms with Crippen molar-refractivity contribution in [3.8, 4) is 22.6 Å². The highest BCUT2D eigenvalue weighted by atomic mass is 32.1. The molecule has 7 nitrogen and oxygen atoms in total. The normalized spacial score (nSPS) is 10.9. The molecular weight excluding hydrogens is 447 g/mol. The van der Waals surface area contributed by atoms with Crippen LogP contribution in [0.3, 0.4) is 0 Å². The second-order valence-electron chi connectivity index (χ2n) is 7.18. The number of carbonyl (C=O) groups is 2. The molecule has 0 aliphatic heterocycles. The summed E-state index contributed by atoms with van der Waals surface area (Å²) in [5.41, 5.74) is 7.90. The van der Waals surface area contributed by atoms with E-state index in [1.54, 1.807) is 25.1 Å². The number of thiophene rings is 1. The summed E-state index contributed by atoms with van der Waals surface area (Å²) < 4.78 is 24.0. The van der Waals surface area contributed by atoms with Gasteiger partial charge in [-0.3, -0.25) is 4.79 Å². The van der Waals surface area contributed by atoms with E-state index >= 15 is 0 Å². The Labute approximate surface area is 192 Å². The minimum Gasteiger partial charge on any atom is -0.493 e. The third kappa shape index (κ3) is 3.76. The zero-order valence-electron chi connectivity index (χ0n) is 17.9. The predicted molar refractivity (Wildman–Crippen MR) is 124 cm³/mol. The lowest BCUT2D eigenvalue weighted by molar-refractivity contribution is 0.0696. The Kier molecular flexibility index (Phi) is 5.73. The number of halogens is 1. The van der Waals surface area contributed by atoms with Crippen LogP contribution in [-0.4, -0.2) is 36.1 Å². The Morgan fingerprint density at radius 1 is 1.06 bits per heavy atom. The van der Waals surface area contributed by atoms with Crippen molar-refractivity contribution < 1.29 is 28.6 Å². The van der Waals surface area contributed by atoms with E-state index in [0.717, 1.165) is 11.3 Å². The van der Waals surface area contributed by atoms with Crippen LogP contribution in [-0.2, 0) is 0 Å². The smallest absolute Gasteiger partial charge is 0.338 e. The summed E-state index contributed by atoms with van der Waals surface area (Å²) in [6.07, 6.45) is 0. The van der Waals surface area contributed by atoms with E-state index in [2.05, 4.69) is 4.98 Å². The molecule has 0 saturated heterocycles. The van der Waals surface area contributed by atoms with Crippen molar-refractivity contribution in [2.24, 2.45) is 0 Å². The molecule has 0 radical (unpaired) electrons. The predicted octanol–water partition coefficient (Wildman–Crippen LogP) is 4.94. The van der Waals surface area contributed by atoms with Gasteiger partial charge in [-0.25, -0.2) is 14.2 Å². The van der Waals surface area contributed by atoms with Crippen LogP contribution in [0, 0.1) is 12.7 Å². The maximum absolute atomic E-state index is 13.3. The highest BCUT2D eigenvalue weighted by Gasteiger charge is 2.27. The van der Waals surface area contributed by atoms with Crippen molar-refractivity contribution in [2.75, 3.05) is 20.0 Å². The van der Waals surface area contributed by atoms with Crippen LogP contribution >= 0.6 is 11.3 Å². The molecule has 4 rings (SSSR count). The number of aromatic nitrogens is 1. The zero-order valence-corrected chi connectivity index (χ0v) is 18.7. The van der Waals surface area contributed by atoms with E-state index in [9.17, 15) is 19.1 Å². The van der Waals surface area contributed by atoms with Crippen LogP contribution in [0.4, 0.5) is 10.1 Å². The number of nitrogens with two attached hydrogens (primary N) is 1. The van der Waals surface area contributed by atoms with Gasteiger partial charge in [-0.15, -0.1) is 11.3 Å². The van der Waals surface area contributed by atoms with Gasteiger partial charge >= 0.3 is 5.97 Å². The fourth-order valence-corrected chi connectivity index (χ4v) is 4.82. The largest absolute Gasteiger partial charge is 0.493 e. The first kappa shape index (κ1) is 22.2. The van der Waals surface area contributed by atoms with E-state index < -0.39 is 17.6 Å². The third-order valence-corrected chi connectivity index (χ3v) is 6.35. The Morgan fingerprint density at radius 2 is 1.73 bits per heavy atom. The molecule has 0 atom stereocenters. The van der Waals surface area contributed by atoms with Crippen molar-refractivity contribution in [3.05, 3.63) is 70.0 Å². The maximum Gasteiger partial charge on any atom is 0.338 e. The SMILES string of the molecule is COc1ccc(-c2c(C(=O)O)c(C)nc3sc(C(=O)c4ccc(F)cc4)c(N)c23)cc1OC. The van der Waals surface area contributed by atoms with Gasteiger partial charge in [0.15, 0.2) is 11.5 Å². The summed E-state index contributed by atoms with van der Waals surface area (Å²) in [4.78, 5) is 30.4. The molecule has 2 heterocycles. The van der Waals surface area contributed by atoms with E-state index in [-0.39, 0.29) is 27.4 Å². The molecule has 2 aromatic carbocycles. The number of rotatable bonds is 6. The van der Waals surface area contributed by atoms with Gasteiger partial charge in [0.2, 0.25) is 5.78 Å². The van der Waals surface area contributed by atoms with Gasteiger partial charge in [0.1, 0.15) is 15.5 Å². The molecule has 9 heteroatoms. The van der Waals surface area contributed by atoms with Crippen molar-refractivity contribution in [2.45, 2.75) is 6.92 Å². The Bertz CT molecular complexity index is 1410. The first-order valence-corrected chi connectivity index (χ1v) is 10.6. The topological polar surface area (TPSA) is 112 Å². The molecule has 0 aliphatic rings. The van der Waals surface area contributed by atoms with Gasteiger partial charge in [-0.2, -0.15) is 0 Å². The van der Waals surface area contributed by atoms with Crippen molar-refractivity contribution in [1.82, 2.24) is 4.98 Å². The van der Waals surface area contributed by atoms with Crippen LogP contribution in [0.2, 0.25) is 0 Å². The van der Waals surface area contributed by atoms with Gasteiger partial charge < -0.3 is 20.3 Å². The number of pyridine rings is 1. The van der Waals surface area contributed by atoms with E-state index in [4.69, 9.17) is 15.2 Å². The monoisotopic (exact) mass is 466 g/mol. The standard InChI is InChI=1S/C24H19FN2O5S/c1-11-17(24(29)30)18(13-6-9-15(31-2)16(10-13)32-3)19-20(26)22(33-23(19)27-11)21(28)12-4-7-14(25)8-5-12/h4-10H,26H2,1-3H3,(H,29,30). The van der Waals surface area contributed by atoms with Crippen LogP contribution < -0.4 is 15.2 Å². The molecule has 0 spiro atoms. The average molecular weight is 466 g/mol. The molecule has 0 amide bonds. The van der Waals surface area contributed by atoms with Gasteiger partial charge in [0.05, 0.1) is 31.2 Å². The molecule has 4 aromatic rings. The number of ketones is 1. The number of carboxylic acids is 1. The number of nitrogen functional groups attached to an aromatic ring is 1. The summed E-state index contributed by atoms with van der Waals surface area (Å²) in [7, 11) is 2.98. The Morgan fingerprint density at radius 3 is 2.33 bits per heavy atom. The number of carboxylic acid groups (broad SMARTS) is 1. The average Bonchev–Trinajstić information content (AvgIpc) is 3.13. The molecule has 3 N–H and O–H groups in total. The summed E-state index contributed by atoms with van der Waals surface area (Å²) in [5.74, 6) is -1.15. The number of fused-ring (bicyclic) bond motifs is 1. The maximum atomic E-state index is 13.3. The van der Waals surface area contributed by atoms with Gasteiger partial charge in [0.25, 0.3) is 0 Å². The Balaban J connectivity index is 2.03. The number of anilines is 1. The fourth-order valence-electron chi connectivity index (χ4n) is 3.71. The van der Waals surface area contributed by atoms with Crippen LogP contribution in [0.15, 0.2) is 42.5 Å². The van der Waals surface area contributed by atoms with E-state index in [1.165, 1.54) is 38.5 Å². The van der Waals surface area contributed by atoms with E-state index in [1.807, 2.05) is 0 Å². The lowest BCUT2D eigenvalue weighted by Gasteiger charge is -2.14. The highest BCUT2D eigenvalue weighted by molar-refractivity contribution is 7.21. The number of nitrogens with zero attached hydrogens (tertiary/aromatic N) is 1. The molecular formula is C24H19FN2O5S. The van der Waals surface area contributed by atoms with Gasteiger partial charge in [0, 0.05) is 16.5 Å². The summed E-state index contributed by atoms with van der Waals surface area (Å²) in [6, 6.07) is 10.1.